The van der Waals surface area contributed by atoms with Crippen LogP contribution in [0.4, 0.5) is 0 Å². The number of aryl methyl sites for hydroxylation is 1. The van der Waals surface area contributed by atoms with Gasteiger partial charge in [-0.05, 0) is 42.0 Å². The van der Waals surface area contributed by atoms with Crippen LogP contribution in [0.2, 0.25) is 0 Å². The van der Waals surface area contributed by atoms with E-state index in [0.29, 0.717) is 5.56 Å². The van der Waals surface area contributed by atoms with Gasteiger partial charge in [0.05, 0.1) is 52.9 Å². The lowest BCUT2D eigenvalue weighted by Crippen LogP contribution is -2.36. The Labute approximate surface area is 250 Å². The number of rotatable bonds is 4. The predicted molar refractivity (Wildman–Crippen MR) is 152 cm³/mol. The fraction of sp³-hybridized carbons (Fsp3) is 0.129. The molecule has 2 heterocycles. The summed E-state index contributed by atoms with van der Waals surface area (Å²) in [6, 6.07) is 5.93. The Balaban J connectivity index is 1.33. The second-order valence-electron chi connectivity index (χ2n) is 10.6. The number of methoxy groups -OCH3 is 1. The van der Waals surface area contributed by atoms with E-state index in [-0.39, 0.29) is 40.6 Å². The van der Waals surface area contributed by atoms with E-state index in [2.05, 4.69) is 15.5 Å². The molecule has 0 aliphatic heterocycles. The number of nitrogens with one attached hydrogen (secondary N) is 2. The minimum Gasteiger partial charge on any atom is -0.507 e. The van der Waals surface area contributed by atoms with E-state index in [1.807, 2.05) is 0 Å². The molecule has 0 saturated heterocycles. The average Bonchev–Trinajstić information content (AvgIpc) is 3.72. The molecule has 1 amide bonds. The first-order chi connectivity index (χ1) is 21.5. The molecule has 1 spiro atoms. The van der Waals surface area contributed by atoms with Crippen molar-refractivity contribution < 1.29 is 48.4 Å². The van der Waals surface area contributed by atoms with Crippen molar-refractivity contribution in [3.63, 3.8) is 0 Å². The summed E-state index contributed by atoms with van der Waals surface area (Å²) in [5.74, 6) is -7.54. The summed E-state index contributed by atoms with van der Waals surface area (Å²) in [4.78, 5) is 81.6. The van der Waals surface area contributed by atoms with Gasteiger partial charge in [0.25, 0.3) is 5.56 Å². The number of phenols is 3. The minimum atomic E-state index is -2.15. The van der Waals surface area contributed by atoms with E-state index >= 15 is 0 Å². The van der Waals surface area contributed by atoms with Crippen LogP contribution in [0.1, 0.15) is 75.2 Å². The number of aromatic hydroxyl groups is 3. The highest BCUT2D eigenvalue weighted by atomic mass is 16.5. The van der Waals surface area contributed by atoms with Crippen LogP contribution in [-0.4, -0.2) is 62.7 Å². The first kappa shape index (κ1) is 27.5. The standard InChI is InChI=1S/C31H19N3O11/c1-44-16-9-14(35)18-19(23(16)36)25(38)21-20(24(18)37)27(40)31(28(21)41)5-4-11-7-12-8-13(33-30(43)17(12)26(39)22(11)31)10-32-34-29(42)15-3-2-6-45-15/h2-3,6-10,37-39H,4-5H2,1H3,(H,33,43)(H,34,42)/b32-10+. The Morgan fingerprint density at radius 3 is 2.40 bits per heavy atom. The Bertz CT molecular complexity index is 2220. The summed E-state index contributed by atoms with van der Waals surface area (Å²) in [6.45, 7) is 0. The van der Waals surface area contributed by atoms with Gasteiger partial charge in [0.2, 0.25) is 5.78 Å². The topological polar surface area (TPSA) is 226 Å². The van der Waals surface area contributed by atoms with Crippen LogP contribution in [0.25, 0.3) is 10.8 Å². The summed E-state index contributed by atoms with van der Waals surface area (Å²) in [5, 5.41) is 37.5. The van der Waals surface area contributed by atoms with E-state index in [1.165, 1.54) is 30.5 Å². The normalized spacial score (nSPS) is 18.5. The summed E-state index contributed by atoms with van der Waals surface area (Å²) in [6.07, 6.45) is 3.16. The SMILES string of the molecule is COC1=CC(=O)c2c(O)c3c(c(O)c2C1=O)C(=O)C1(CCc2cc4cc(/C=N/NC(=O)c5ccco5)[nH]c(=O)c4c(O)c21)C3=O. The second-order valence-corrected chi connectivity index (χ2v) is 10.6. The molecule has 1 unspecified atom stereocenters. The van der Waals surface area contributed by atoms with Gasteiger partial charge in [-0.15, -0.1) is 0 Å². The van der Waals surface area contributed by atoms with Gasteiger partial charge in [-0.1, -0.05) is 6.07 Å². The van der Waals surface area contributed by atoms with Crippen LogP contribution in [-0.2, 0) is 16.6 Å². The first-order valence-electron chi connectivity index (χ1n) is 13.4. The number of aromatic nitrogens is 1. The quantitative estimate of drug-likeness (QED) is 0.0975. The Kier molecular flexibility index (Phi) is 5.71. The Morgan fingerprint density at radius 1 is 1.02 bits per heavy atom. The maximum Gasteiger partial charge on any atom is 0.307 e. The second kappa shape index (κ2) is 9.34. The molecule has 4 aromatic rings. The number of Topliss-reactive ketones (excluding diaryl/α,β-unsaturated/α-hetero) is 3. The molecule has 5 N–H and O–H groups in total. The van der Waals surface area contributed by atoms with Gasteiger partial charge in [0, 0.05) is 11.6 Å². The van der Waals surface area contributed by atoms with Gasteiger partial charge >= 0.3 is 5.91 Å². The number of hydrogen-bond donors (Lipinski definition) is 5. The van der Waals surface area contributed by atoms with E-state index in [0.717, 1.165) is 19.4 Å². The van der Waals surface area contributed by atoms with Gasteiger partial charge in [0.1, 0.15) is 22.7 Å². The fourth-order valence-electron chi connectivity index (χ4n) is 6.45. The van der Waals surface area contributed by atoms with E-state index in [9.17, 15) is 44.1 Å². The van der Waals surface area contributed by atoms with E-state index in [4.69, 9.17) is 9.15 Å². The number of hydrogen-bond acceptors (Lipinski definition) is 12. The van der Waals surface area contributed by atoms with Gasteiger partial charge in [-0.3, -0.25) is 28.8 Å². The minimum absolute atomic E-state index is 0.0168. The smallest absolute Gasteiger partial charge is 0.307 e. The number of ketones is 4. The largest absolute Gasteiger partial charge is 0.507 e. The number of allylic oxidation sites excluding steroid dienone is 2. The van der Waals surface area contributed by atoms with Crippen LogP contribution in [0.15, 0.2) is 56.7 Å². The average molecular weight is 610 g/mol. The molecule has 3 aliphatic rings. The monoisotopic (exact) mass is 609 g/mol. The summed E-state index contributed by atoms with van der Waals surface area (Å²) in [7, 11) is 1.12. The molecule has 14 heteroatoms. The number of amides is 1. The predicted octanol–water partition coefficient (Wildman–Crippen LogP) is 2.17. The molecule has 0 bridgehead atoms. The highest BCUT2D eigenvalue weighted by molar-refractivity contribution is 6.38. The third kappa shape index (κ3) is 3.53. The van der Waals surface area contributed by atoms with Crippen LogP contribution >= 0.6 is 0 Å². The molecule has 1 atom stereocenters. The lowest BCUT2D eigenvalue weighted by Gasteiger charge is -2.22. The molecule has 0 saturated carbocycles. The summed E-state index contributed by atoms with van der Waals surface area (Å²) in [5.41, 5.74) is -3.05. The molecule has 7 rings (SSSR count). The van der Waals surface area contributed by atoms with Crippen molar-refractivity contribution in [1.82, 2.24) is 10.4 Å². The molecule has 45 heavy (non-hydrogen) atoms. The summed E-state index contributed by atoms with van der Waals surface area (Å²) < 4.78 is 9.89. The van der Waals surface area contributed by atoms with Gasteiger partial charge in [-0.2, -0.15) is 5.10 Å². The molecular formula is C31H19N3O11. The molecule has 14 nitrogen and oxygen atoms in total. The zero-order valence-electron chi connectivity index (χ0n) is 23.0. The third-order valence-electron chi connectivity index (χ3n) is 8.38. The number of carbonyl (C=O) groups excluding carboxylic acids is 5. The van der Waals surface area contributed by atoms with Crippen molar-refractivity contribution in [2.45, 2.75) is 18.3 Å². The highest BCUT2D eigenvalue weighted by Gasteiger charge is 2.61. The van der Waals surface area contributed by atoms with Crippen LogP contribution in [0.3, 0.4) is 0 Å². The maximum atomic E-state index is 14.1. The number of ether oxygens (including phenoxy) is 1. The number of pyridine rings is 1. The van der Waals surface area contributed by atoms with Crippen LogP contribution < -0.4 is 11.0 Å². The van der Waals surface area contributed by atoms with Gasteiger partial charge < -0.3 is 29.5 Å². The van der Waals surface area contributed by atoms with Crippen LogP contribution in [0.5, 0.6) is 17.2 Å². The van der Waals surface area contributed by atoms with Crippen molar-refractivity contribution >= 4 is 46.0 Å². The molecule has 0 radical (unpaired) electrons. The number of nitrogens with zero attached hydrogens (tertiary/aromatic N) is 1. The number of aromatic amines is 1. The molecule has 3 aliphatic carbocycles. The zero-order valence-corrected chi connectivity index (χ0v) is 23.0. The van der Waals surface area contributed by atoms with Gasteiger partial charge in [-0.25, -0.2) is 5.43 Å². The Hall–Kier alpha value is -6.31. The maximum absolute atomic E-state index is 14.1. The Morgan fingerprint density at radius 2 is 1.73 bits per heavy atom. The third-order valence-corrected chi connectivity index (χ3v) is 8.38. The van der Waals surface area contributed by atoms with Crippen molar-refractivity contribution in [2.24, 2.45) is 5.10 Å². The first-order valence-corrected chi connectivity index (χ1v) is 13.4. The van der Waals surface area contributed by atoms with Crippen LogP contribution in [0, 0.1) is 0 Å². The van der Waals surface area contributed by atoms with Crippen molar-refractivity contribution in [3.8, 4) is 17.2 Å². The fourth-order valence-corrected chi connectivity index (χ4v) is 6.45. The molecule has 2 aromatic heterocycles. The number of carbonyl (C=O) groups is 5. The number of phenolic OH excluding ortho intramolecular Hbond substituents is 3. The van der Waals surface area contributed by atoms with Crippen molar-refractivity contribution in [2.75, 3.05) is 7.11 Å². The number of hydrazone groups is 1. The number of furan rings is 1. The van der Waals surface area contributed by atoms with Gasteiger partial charge in [0.15, 0.2) is 28.9 Å². The molecule has 2 aromatic carbocycles. The number of benzene rings is 2. The van der Waals surface area contributed by atoms with Crippen molar-refractivity contribution in [1.29, 1.82) is 0 Å². The van der Waals surface area contributed by atoms with Crippen molar-refractivity contribution in [3.05, 3.63) is 97.6 Å². The number of H-pyrrole nitrogens is 1. The lowest BCUT2D eigenvalue weighted by atomic mass is 9.76. The molecule has 224 valence electrons. The highest BCUT2D eigenvalue weighted by Crippen LogP contribution is 2.57. The zero-order chi connectivity index (χ0) is 31.9. The van der Waals surface area contributed by atoms with E-state index < -0.39 is 85.3 Å². The summed E-state index contributed by atoms with van der Waals surface area (Å²) >= 11 is 0. The van der Waals surface area contributed by atoms with E-state index in [1.54, 1.807) is 0 Å². The lowest BCUT2D eigenvalue weighted by molar-refractivity contribution is 0.0790. The molecule has 0 fully saturated rings. The molecular weight excluding hydrogens is 590 g/mol. The number of fused-ring (bicyclic) bond motifs is 5.